The first-order valence-corrected chi connectivity index (χ1v) is 3.46. The lowest BCUT2D eigenvalue weighted by molar-refractivity contribution is 0.452. The molecule has 2 rings (SSSR count). The van der Waals surface area contributed by atoms with Gasteiger partial charge in [0.05, 0.1) is 24.6 Å². The predicted octanol–water partition coefficient (Wildman–Crippen LogP) is -0.193. The molecule has 0 atom stereocenters. The molecule has 0 bridgehead atoms. The van der Waals surface area contributed by atoms with Crippen LogP contribution in [0.15, 0.2) is 23.7 Å². The standard InChI is InChI=1S/C7H11N3/c1-10-5-9-6-4-8-3-2-7(6)10/h2-3,8-9H,4-5H2,1H3. The molecule has 2 heterocycles. The molecular weight excluding hydrogens is 126 g/mol. The van der Waals surface area contributed by atoms with Crippen LogP contribution >= 0.6 is 0 Å². The van der Waals surface area contributed by atoms with Crippen LogP contribution in [0.2, 0.25) is 0 Å². The Morgan fingerprint density at radius 2 is 2.50 bits per heavy atom. The van der Waals surface area contributed by atoms with Crippen LogP contribution in [0.25, 0.3) is 0 Å². The molecule has 0 radical (unpaired) electrons. The molecule has 2 aliphatic heterocycles. The molecule has 0 aliphatic carbocycles. The third-order valence-corrected chi connectivity index (χ3v) is 1.89. The fraction of sp³-hybridized carbons (Fsp3) is 0.429. The van der Waals surface area contributed by atoms with Crippen molar-refractivity contribution in [2.24, 2.45) is 0 Å². The SMILES string of the molecule is CN1CNC2=C1C=CNC2. The van der Waals surface area contributed by atoms with Crippen LogP contribution in [-0.2, 0) is 0 Å². The number of rotatable bonds is 0. The smallest absolute Gasteiger partial charge is 0.0872 e. The van der Waals surface area contributed by atoms with Crippen LogP contribution in [0.4, 0.5) is 0 Å². The zero-order chi connectivity index (χ0) is 6.97. The van der Waals surface area contributed by atoms with Gasteiger partial charge in [0.2, 0.25) is 0 Å². The molecular formula is C7H11N3. The first-order valence-electron chi connectivity index (χ1n) is 3.46. The molecule has 2 aliphatic rings. The maximum absolute atomic E-state index is 3.30. The number of hydrogen-bond donors (Lipinski definition) is 2. The molecule has 0 fully saturated rings. The first kappa shape index (κ1) is 5.65. The third-order valence-electron chi connectivity index (χ3n) is 1.89. The largest absolute Gasteiger partial charge is 0.385 e. The van der Waals surface area contributed by atoms with E-state index in [-0.39, 0.29) is 0 Å². The number of nitrogens with zero attached hydrogens (tertiary/aromatic N) is 1. The molecule has 0 amide bonds. The summed E-state index contributed by atoms with van der Waals surface area (Å²) >= 11 is 0. The number of likely N-dealkylation sites (N-methyl/N-ethyl adjacent to an activating group) is 1. The summed E-state index contributed by atoms with van der Waals surface area (Å²) in [5.74, 6) is 0. The molecule has 0 aromatic carbocycles. The van der Waals surface area contributed by atoms with Gasteiger partial charge < -0.3 is 15.5 Å². The van der Waals surface area contributed by atoms with Gasteiger partial charge in [0, 0.05) is 7.05 Å². The van der Waals surface area contributed by atoms with Gasteiger partial charge >= 0.3 is 0 Å². The summed E-state index contributed by atoms with van der Waals surface area (Å²) in [4.78, 5) is 2.20. The number of nitrogens with one attached hydrogen (secondary N) is 2. The first-order chi connectivity index (χ1) is 4.88. The van der Waals surface area contributed by atoms with Crippen LogP contribution in [0.5, 0.6) is 0 Å². The lowest BCUT2D eigenvalue weighted by Gasteiger charge is -2.13. The van der Waals surface area contributed by atoms with E-state index in [1.54, 1.807) is 0 Å². The maximum atomic E-state index is 3.30. The monoisotopic (exact) mass is 137 g/mol. The maximum Gasteiger partial charge on any atom is 0.0872 e. The van der Waals surface area contributed by atoms with E-state index in [9.17, 15) is 0 Å². The normalized spacial score (nSPS) is 22.3. The summed E-state index contributed by atoms with van der Waals surface area (Å²) in [5.41, 5.74) is 2.63. The summed E-state index contributed by atoms with van der Waals surface area (Å²) in [5, 5.41) is 6.45. The third kappa shape index (κ3) is 0.667. The van der Waals surface area contributed by atoms with E-state index in [1.807, 2.05) is 6.20 Å². The highest BCUT2D eigenvalue weighted by molar-refractivity contribution is 5.30. The Balaban J connectivity index is 2.30. The van der Waals surface area contributed by atoms with Crippen LogP contribution in [0, 0.1) is 0 Å². The van der Waals surface area contributed by atoms with E-state index >= 15 is 0 Å². The molecule has 0 saturated heterocycles. The fourth-order valence-electron chi connectivity index (χ4n) is 1.30. The van der Waals surface area contributed by atoms with Crippen molar-refractivity contribution in [3.05, 3.63) is 23.7 Å². The molecule has 2 N–H and O–H groups in total. The molecule has 3 heteroatoms. The fourth-order valence-corrected chi connectivity index (χ4v) is 1.30. The van der Waals surface area contributed by atoms with Gasteiger partial charge in [-0.1, -0.05) is 0 Å². The molecule has 0 spiro atoms. The Labute approximate surface area is 60.4 Å². The van der Waals surface area contributed by atoms with Crippen molar-refractivity contribution in [1.82, 2.24) is 15.5 Å². The molecule has 0 aromatic heterocycles. The Hall–Kier alpha value is -1.12. The van der Waals surface area contributed by atoms with E-state index in [4.69, 9.17) is 0 Å². The zero-order valence-corrected chi connectivity index (χ0v) is 6.02. The molecule has 0 aromatic rings. The van der Waals surface area contributed by atoms with Gasteiger partial charge in [-0.05, 0) is 12.3 Å². The van der Waals surface area contributed by atoms with Crippen molar-refractivity contribution in [3.63, 3.8) is 0 Å². The minimum absolute atomic E-state index is 0.941. The van der Waals surface area contributed by atoms with Gasteiger partial charge in [0.15, 0.2) is 0 Å². The molecule has 3 nitrogen and oxygen atoms in total. The highest BCUT2D eigenvalue weighted by atomic mass is 15.3. The summed E-state index contributed by atoms with van der Waals surface area (Å²) in [6.45, 7) is 1.88. The Morgan fingerprint density at radius 1 is 1.60 bits per heavy atom. The van der Waals surface area contributed by atoms with E-state index in [1.165, 1.54) is 11.4 Å². The van der Waals surface area contributed by atoms with Gasteiger partial charge in [-0.2, -0.15) is 0 Å². The second-order valence-electron chi connectivity index (χ2n) is 2.61. The van der Waals surface area contributed by atoms with Crippen LogP contribution < -0.4 is 10.6 Å². The summed E-state index contributed by atoms with van der Waals surface area (Å²) in [6.07, 6.45) is 4.08. The quantitative estimate of drug-likeness (QED) is 0.484. The minimum atomic E-state index is 0.941. The lowest BCUT2D eigenvalue weighted by Crippen LogP contribution is -2.21. The number of dihydropyridines is 1. The van der Waals surface area contributed by atoms with E-state index in [0.717, 1.165) is 13.2 Å². The molecule has 10 heavy (non-hydrogen) atoms. The zero-order valence-electron chi connectivity index (χ0n) is 6.02. The van der Waals surface area contributed by atoms with E-state index < -0.39 is 0 Å². The molecule has 0 saturated carbocycles. The summed E-state index contributed by atoms with van der Waals surface area (Å²) in [6, 6.07) is 0. The van der Waals surface area contributed by atoms with Gasteiger partial charge in [0.1, 0.15) is 0 Å². The second kappa shape index (κ2) is 1.94. The van der Waals surface area contributed by atoms with Crippen molar-refractivity contribution in [3.8, 4) is 0 Å². The molecule has 54 valence electrons. The van der Waals surface area contributed by atoms with Gasteiger partial charge in [-0.15, -0.1) is 0 Å². The van der Waals surface area contributed by atoms with Crippen LogP contribution in [0.1, 0.15) is 0 Å². The van der Waals surface area contributed by atoms with Gasteiger partial charge in [0.25, 0.3) is 0 Å². The van der Waals surface area contributed by atoms with Crippen LogP contribution in [-0.4, -0.2) is 25.2 Å². The summed E-state index contributed by atoms with van der Waals surface area (Å²) < 4.78 is 0. The Bertz CT molecular complexity index is 205. The predicted molar refractivity (Wildman–Crippen MR) is 39.9 cm³/mol. The Kier molecular flexibility index (Phi) is 1.09. The van der Waals surface area contributed by atoms with E-state index in [0.29, 0.717) is 0 Å². The van der Waals surface area contributed by atoms with E-state index in [2.05, 4.69) is 28.7 Å². The topological polar surface area (TPSA) is 27.3 Å². The van der Waals surface area contributed by atoms with Crippen molar-refractivity contribution >= 4 is 0 Å². The highest BCUT2D eigenvalue weighted by Crippen LogP contribution is 2.15. The highest BCUT2D eigenvalue weighted by Gasteiger charge is 2.17. The minimum Gasteiger partial charge on any atom is -0.385 e. The second-order valence-corrected chi connectivity index (χ2v) is 2.61. The van der Waals surface area contributed by atoms with Crippen molar-refractivity contribution in [2.75, 3.05) is 20.3 Å². The molecule has 0 unspecified atom stereocenters. The van der Waals surface area contributed by atoms with Crippen LogP contribution in [0.3, 0.4) is 0 Å². The van der Waals surface area contributed by atoms with Crippen molar-refractivity contribution in [1.29, 1.82) is 0 Å². The van der Waals surface area contributed by atoms with Gasteiger partial charge in [-0.25, -0.2) is 0 Å². The van der Waals surface area contributed by atoms with Gasteiger partial charge in [-0.3, -0.25) is 0 Å². The lowest BCUT2D eigenvalue weighted by atomic mass is 10.3. The average Bonchev–Trinajstić information content (AvgIpc) is 2.34. The van der Waals surface area contributed by atoms with Crippen molar-refractivity contribution in [2.45, 2.75) is 0 Å². The number of allylic oxidation sites excluding steroid dienone is 1. The summed E-state index contributed by atoms with van der Waals surface area (Å²) in [7, 11) is 2.09. The number of hydrogen-bond acceptors (Lipinski definition) is 3. The van der Waals surface area contributed by atoms with Crippen molar-refractivity contribution < 1.29 is 0 Å². The average molecular weight is 137 g/mol. The Morgan fingerprint density at radius 3 is 3.30 bits per heavy atom.